The Hall–Kier alpha value is -1.26. The van der Waals surface area contributed by atoms with Gasteiger partial charge in [0, 0.05) is 6.54 Å². The van der Waals surface area contributed by atoms with Crippen molar-refractivity contribution in [2.24, 2.45) is 5.73 Å². The van der Waals surface area contributed by atoms with Crippen molar-refractivity contribution in [2.45, 2.75) is 0 Å². The first-order valence-electron chi connectivity index (χ1n) is 4.29. The summed E-state index contributed by atoms with van der Waals surface area (Å²) in [5, 5.41) is 0. The SMILES string of the molecule is COC(=O)c1ccccc1OCCN.Cl. The van der Waals surface area contributed by atoms with Crippen LogP contribution in [-0.2, 0) is 4.74 Å². The van der Waals surface area contributed by atoms with Gasteiger partial charge >= 0.3 is 5.97 Å². The van der Waals surface area contributed by atoms with Gasteiger partial charge in [0.25, 0.3) is 0 Å². The molecule has 1 rings (SSSR count). The number of esters is 1. The van der Waals surface area contributed by atoms with Crippen molar-refractivity contribution in [3.05, 3.63) is 29.8 Å². The molecule has 0 bridgehead atoms. The summed E-state index contributed by atoms with van der Waals surface area (Å²) < 4.78 is 9.89. The van der Waals surface area contributed by atoms with Gasteiger partial charge in [0.2, 0.25) is 0 Å². The Balaban J connectivity index is 0.00000196. The summed E-state index contributed by atoms with van der Waals surface area (Å²) in [5.41, 5.74) is 5.71. The van der Waals surface area contributed by atoms with Crippen LogP contribution in [0, 0.1) is 0 Å². The maximum absolute atomic E-state index is 11.3. The largest absolute Gasteiger partial charge is 0.491 e. The van der Waals surface area contributed by atoms with E-state index in [0.717, 1.165) is 0 Å². The maximum Gasteiger partial charge on any atom is 0.341 e. The van der Waals surface area contributed by atoms with Gasteiger partial charge in [-0.2, -0.15) is 0 Å². The lowest BCUT2D eigenvalue weighted by Gasteiger charge is -2.08. The lowest BCUT2D eigenvalue weighted by atomic mass is 10.2. The molecule has 0 saturated carbocycles. The fourth-order valence-corrected chi connectivity index (χ4v) is 1.04. The minimum absolute atomic E-state index is 0. The van der Waals surface area contributed by atoms with E-state index in [2.05, 4.69) is 4.74 Å². The molecule has 0 aliphatic carbocycles. The van der Waals surface area contributed by atoms with Gasteiger partial charge in [-0.1, -0.05) is 12.1 Å². The Morgan fingerprint density at radius 3 is 2.67 bits per heavy atom. The zero-order valence-corrected chi connectivity index (χ0v) is 9.25. The van der Waals surface area contributed by atoms with Crippen molar-refractivity contribution in [1.29, 1.82) is 0 Å². The number of hydrogen-bond acceptors (Lipinski definition) is 4. The summed E-state index contributed by atoms with van der Waals surface area (Å²) >= 11 is 0. The van der Waals surface area contributed by atoms with Crippen molar-refractivity contribution in [2.75, 3.05) is 20.3 Å². The van der Waals surface area contributed by atoms with Gasteiger partial charge in [0.1, 0.15) is 17.9 Å². The molecule has 0 unspecified atom stereocenters. The minimum atomic E-state index is -0.405. The van der Waals surface area contributed by atoms with Gasteiger partial charge < -0.3 is 15.2 Å². The number of methoxy groups -OCH3 is 1. The fourth-order valence-electron chi connectivity index (χ4n) is 1.04. The van der Waals surface area contributed by atoms with Crippen LogP contribution < -0.4 is 10.5 Å². The van der Waals surface area contributed by atoms with Crippen LogP contribution in [0.3, 0.4) is 0 Å². The van der Waals surface area contributed by atoms with Gasteiger partial charge in [0.05, 0.1) is 7.11 Å². The molecule has 5 heteroatoms. The highest BCUT2D eigenvalue weighted by Crippen LogP contribution is 2.18. The summed E-state index contributed by atoms with van der Waals surface area (Å²) in [7, 11) is 1.34. The molecule has 0 radical (unpaired) electrons. The number of carbonyl (C=O) groups is 1. The first kappa shape index (κ1) is 13.7. The molecule has 0 aliphatic rings. The second-order valence-corrected chi connectivity index (χ2v) is 2.62. The number of benzene rings is 1. The standard InChI is InChI=1S/C10H13NO3.ClH/c1-13-10(12)8-4-2-3-5-9(8)14-7-6-11;/h2-5H,6-7,11H2,1H3;1H. The monoisotopic (exact) mass is 231 g/mol. The molecule has 4 nitrogen and oxygen atoms in total. The summed E-state index contributed by atoms with van der Waals surface area (Å²) in [4.78, 5) is 11.3. The van der Waals surface area contributed by atoms with E-state index in [1.54, 1.807) is 24.3 Å². The fraction of sp³-hybridized carbons (Fsp3) is 0.300. The maximum atomic E-state index is 11.3. The Labute approximate surface area is 94.8 Å². The number of ether oxygens (including phenoxy) is 2. The van der Waals surface area contributed by atoms with E-state index in [-0.39, 0.29) is 12.4 Å². The molecule has 0 aromatic heterocycles. The summed E-state index contributed by atoms with van der Waals surface area (Å²) in [5.74, 6) is 0.0995. The number of rotatable bonds is 4. The molecule has 15 heavy (non-hydrogen) atoms. The van der Waals surface area contributed by atoms with Crippen molar-refractivity contribution < 1.29 is 14.3 Å². The Bertz CT molecular complexity index is 317. The van der Waals surface area contributed by atoms with E-state index in [1.165, 1.54) is 7.11 Å². The van der Waals surface area contributed by atoms with E-state index in [0.29, 0.717) is 24.5 Å². The molecule has 0 aliphatic heterocycles. The van der Waals surface area contributed by atoms with E-state index >= 15 is 0 Å². The molecule has 0 saturated heterocycles. The average Bonchev–Trinajstić information content (AvgIpc) is 2.25. The van der Waals surface area contributed by atoms with Crippen molar-refractivity contribution in [3.8, 4) is 5.75 Å². The third-order valence-electron chi connectivity index (χ3n) is 1.67. The highest BCUT2D eigenvalue weighted by atomic mass is 35.5. The highest BCUT2D eigenvalue weighted by Gasteiger charge is 2.11. The first-order valence-corrected chi connectivity index (χ1v) is 4.29. The molecule has 0 amide bonds. The number of halogens is 1. The van der Waals surface area contributed by atoms with Gasteiger partial charge in [-0.3, -0.25) is 0 Å². The third kappa shape index (κ3) is 3.77. The number of carbonyl (C=O) groups excluding carboxylic acids is 1. The van der Waals surface area contributed by atoms with Crippen LogP contribution in [0.5, 0.6) is 5.75 Å². The van der Waals surface area contributed by atoms with E-state index in [1.807, 2.05) is 0 Å². The van der Waals surface area contributed by atoms with E-state index in [4.69, 9.17) is 10.5 Å². The molecule has 0 spiro atoms. The van der Waals surface area contributed by atoms with Gasteiger partial charge in [0.15, 0.2) is 0 Å². The smallest absolute Gasteiger partial charge is 0.341 e. The van der Waals surface area contributed by atoms with Gasteiger partial charge in [-0.05, 0) is 12.1 Å². The van der Waals surface area contributed by atoms with Gasteiger partial charge in [-0.15, -0.1) is 12.4 Å². The number of hydrogen-bond donors (Lipinski definition) is 1. The molecule has 84 valence electrons. The van der Waals surface area contributed by atoms with E-state index in [9.17, 15) is 4.79 Å². The zero-order valence-electron chi connectivity index (χ0n) is 8.43. The topological polar surface area (TPSA) is 61.5 Å². The summed E-state index contributed by atoms with van der Waals surface area (Å²) in [6, 6.07) is 6.90. The number of nitrogens with two attached hydrogens (primary N) is 1. The molecule has 1 aromatic carbocycles. The van der Waals surface area contributed by atoms with Crippen molar-refractivity contribution >= 4 is 18.4 Å². The average molecular weight is 232 g/mol. The normalized spacial score (nSPS) is 8.93. The quantitative estimate of drug-likeness (QED) is 0.792. The minimum Gasteiger partial charge on any atom is -0.491 e. The molecule has 0 heterocycles. The van der Waals surface area contributed by atoms with Crippen LogP contribution in [0.25, 0.3) is 0 Å². The van der Waals surface area contributed by atoms with Crippen LogP contribution in [0.15, 0.2) is 24.3 Å². The molecule has 0 fully saturated rings. The van der Waals surface area contributed by atoms with Gasteiger partial charge in [-0.25, -0.2) is 4.79 Å². The van der Waals surface area contributed by atoms with Crippen LogP contribution in [0.4, 0.5) is 0 Å². The molecular weight excluding hydrogens is 218 g/mol. The molecule has 0 atom stereocenters. The molecule has 2 N–H and O–H groups in total. The number of para-hydroxylation sites is 1. The Morgan fingerprint density at radius 1 is 1.40 bits per heavy atom. The molecular formula is C10H14ClNO3. The summed E-state index contributed by atoms with van der Waals surface area (Å²) in [6.45, 7) is 0.795. The predicted octanol–water partition coefficient (Wildman–Crippen LogP) is 1.23. The van der Waals surface area contributed by atoms with Crippen LogP contribution in [-0.4, -0.2) is 26.2 Å². The lowest BCUT2D eigenvalue weighted by Crippen LogP contribution is -2.13. The van der Waals surface area contributed by atoms with E-state index < -0.39 is 5.97 Å². The van der Waals surface area contributed by atoms with Crippen LogP contribution in [0.1, 0.15) is 10.4 Å². The summed E-state index contributed by atoms with van der Waals surface area (Å²) in [6.07, 6.45) is 0. The molecule has 1 aromatic rings. The Morgan fingerprint density at radius 2 is 2.07 bits per heavy atom. The Kier molecular flexibility index (Phi) is 6.49. The zero-order chi connectivity index (χ0) is 10.4. The first-order chi connectivity index (χ1) is 6.79. The second-order valence-electron chi connectivity index (χ2n) is 2.62. The van der Waals surface area contributed by atoms with Crippen LogP contribution >= 0.6 is 12.4 Å². The van der Waals surface area contributed by atoms with Crippen molar-refractivity contribution in [3.63, 3.8) is 0 Å². The predicted molar refractivity (Wildman–Crippen MR) is 59.6 cm³/mol. The third-order valence-corrected chi connectivity index (χ3v) is 1.67. The van der Waals surface area contributed by atoms with Crippen LogP contribution in [0.2, 0.25) is 0 Å². The lowest BCUT2D eigenvalue weighted by molar-refractivity contribution is 0.0596. The highest BCUT2D eigenvalue weighted by molar-refractivity contribution is 5.92. The second kappa shape index (κ2) is 7.09. The van der Waals surface area contributed by atoms with Crippen molar-refractivity contribution in [1.82, 2.24) is 0 Å².